The molecule has 1 atom stereocenters. The molecule has 0 saturated heterocycles. The van der Waals surface area contributed by atoms with Crippen molar-refractivity contribution in [2.24, 2.45) is 0 Å². The van der Waals surface area contributed by atoms with Gasteiger partial charge in [0.25, 0.3) is 0 Å². The number of hydrogen-bond acceptors (Lipinski definition) is 4. The SMILES string of the molecule is CC(Cc1cccnc1)NC(=O)Nc1ccncc1N(C)C. The lowest BCUT2D eigenvalue weighted by molar-refractivity contribution is 0.249. The zero-order valence-electron chi connectivity index (χ0n) is 13.1. The molecule has 2 heterocycles. The van der Waals surface area contributed by atoms with E-state index in [0.29, 0.717) is 0 Å². The number of nitrogens with zero attached hydrogens (tertiary/aromatic N) is 3. The Morgan fingerprint density at radius 3 is 2.68 bits per heavy atom. The summed E-state index contributed by atoms with van der Waals surface area (Å²) in [5, 5.41) is 5.79. The highest BCUT2D eigenvalue weighted by Crippen LogP contribution is 2.21. The van der Waals surface area contributed by atoms with Crippen LogP contribution in [0.1, 0.15) is 12.5 Å². The highest BCUT2D eigenvalue weighted by Gasteiger charge is 2.11. The van der Waals surface area contributed by atoms with E-state index in [2.05, 4.69) is 20.6 Å². The predicted octanol–water partition coefficient (Wildman–Crippen LogP) is 2.30. The van der Waals surface area contributed by atoms with Gasteiger partial charge in [0.1, 0.15) is 0 Å². The molecule has 0 aliphatic heterocycles. The Morgan fingerprint density at radius 1 is 1.23 bits per heavy atom. The average Bonchev–Trinajstić information content (AvgIpc) is 2.48. The Bertz CT molecular complexity index is 615. The number of rotatable bonds is 5. The van der Waals surface area contributed by atoms with Crippen molar-refractivity contribution in [2.45, 2.75) is 19.4 Å². The van der Waals surface area contributed by atoms with Gasteiger partial charge in [0.05, 0.1) is 17.6 Å². The van der Waals surface area contributed by atoms with Crippen molar-refractivity contribution >= 4 is 17.4 Å². The molecule has 2 rings (SSSR count). The van der Waals surface area contributed by atoms with E-state index in [1.165, 1.54) is 0 Å². The molecule has 0 aromatic carbocycles. The number of carbonyl (C=O) groups excluding carboxylic acids is 1. The third-order valence-corrected chi connectivity index (χ3v) is 3.17. The van der Waals surface area contributed by atoms with Crippen LogP contribution in [0, 0.1) is 0 Å². The summed E-state index contributed by atoms with van der Waals surface area (Å²) in [6.07, 6.45) is 7.65. The van der Waals surface area contributed by atoms with Crippen molar-refractivity contribution in [3.05, 3.63) is 48.5 Å². The summed E-state index contributed by atoms with van der Waals surface area (Å²) in [4.78, 5) is 22.2. The summed E-state index contributed by atoms with van der Waals surface area (Å²) in [5.41, 5.74) is 2.68. The quantitative estimate of drug-likeness (QED) is 0.888. The second-order valence-corrected chi connectivity index (χ2v) is 5.35. The standard InChI is InChI=1S/C16H21N5O/c1-12(9-13-5-4-7-17-10-13)19-16(22)20-14-6-8-18-11-15(14)21(2)3/h4-8,10-12H,9H2,1-3H3,(H2,18,19,20,22). The zero-order valence-corrected chi connectivity index (χ0v) is 13.1. The molecule has 2 amide bonds. The van der Waals surface area contributed by atoms with Gasteiger partial charge in [-0.15, -0.1) is 0 Å². The zero-order chi connectivity index (χ0) is 15.9. The Kier molecular flexibility index (Phi) is 5.30. The van der Waals surface area contributed by atoms with Crippen LogP contribution >= 0.6 is 0 Å². The summed E-state index contributed by atoms with van der Waals surface area (Å²) < 4.78 is 0. The van der Waals surface area contributed by atoms with Crippen molar-refractivity contribution in [1.82, 2.24) is 15.3 Å². The van der Waals surface area contributed by atoms with Gasteiger partial charge in [-0.2, -0.15) is 0 Å². The minimum absolute atomic E-state index is 0.00819. The highest BCUT2D eigenvalue weighted by molar-refractivity contribution is 5.93. The molecule has 6 heteroatoms. The topological polar surface area (TPSA) is 70.1 Å². The summed E-state index contributed by atoms with van der Waals surface area (Å²) >= 11 is 0. The molecular weight excluding hydrogens is 278 g/mol. The molecule has 0 spiro atoms. The monoisotopic (exact) mass is 299 g/mol. The van der Waals surface area contributed by atoms with Crippen LogP contribution in [-0.2, 0) is 6.42 Å². The van der Waals surface area contributed by atoms with Crippen LogP contribution in [0.5, 0.6) is 0 Å². The van der Waals surface area contributed by atoms with Gasteiger partial charge in [0, 0.05) is 38.7 Å². The van der Waals surface area contributed by atoms with Gasteiger partial charge < -0.3 is 15.5 Å². The van der Waals surface area contributed by atoms with E-state index in [4.69, 9.17) is 0 Å². The number of aromatic nitrogens is 2. The lowest BCUT2D eigenvalue weighted by Gasteiger charge is -2.19. The Hall–Kier alpha value is -2.63. The number of pyridine rings is 2. The Morgan fingerprint density at radius 2 is 2.00 bits per heavy atom. The van der Waals surface area contributed by atoms with Crippen LogP contribution in [0.15, 0.2) is 43.0 Å². The fraction of sp³-hybridized carbons (Fsp3) is 0.312. The summed E-state index contributed by atoms with van der Waals surface area (Å²) in [5.74, 6) is 0. The van der Waals surface area contributed by atoms with Crippen LogP contribution in [-0.4, -0.2) is 36.1 Å². The molecule has 1 unspecified atom stereocenters. The van der Waals surface area contributed by atoms with Crippen molar-refractivity contribution < 1.29 is 4.79 Å². The van der Waals surface area contributed by atoms with Crippen molar-refractivity contribution in [1.29, 1.82) is 0 Å². The maximum absolute atomic E-state index is 12.1. The molecule has 0 radical (unpaired) electrons. The number of hydrogen-bond donors (Lipinski definition) is 2. The predicted molar refractivity (Wildman–Crippen MR) is 88.1 cm³/mol. The smallest absolute Gasteiger partial charge is 0.319 e. The van der Waals surface area contributed by atoms with Gasteiger partial charge in [-0.25, -0.2) is 4.79 Å². The second kappa shape index (κ2) is 7.40. The van der Waals surface area contributed by atoms with Crippen LogP contribution in [0.4, 0.5) is 16.2 Å². The first-order valence-electron chi connectivity index (χ1n) is 7.14. The molecule has 6 nitrogen and oxygen atoms in total. The van der Waals surface area contributed by atoms with E-state index >= 15 is 0 Å². The molecule has 0 bridgehead atoms. The van der Waals surface area contributed by atoms with Crippen LogP contribution in [0.2, 0.25) is 0 Å². The normalized spacial score (nSPS) is 11.6. The summed E-state index contributed by atoms with van der Waals surface area (Å²) in [6, 6.07) is 5.44. The largest absolute Gasteiger partial charge is 0.375 e. The lowest BCUT2D eigenvalue weighted by atomic mass is 10.1. The van der Waals surface area contributed by atoms with Gasteiger partial charge in [-0.05, 0) is 31.0 Å². The second-order valence-electron chi connectivity index (χ2n) is 5.35. The highest BCUT2D eigenvalue weighted by atomic mass is 16.2. The van der Waals surface area contributed by atoms with Crippen molar-refractivity contribution in [3.8, 4) is 0 Å². The van der Waals surface area contributed by atoms with Crippen LogP contribution in [0.25, 0.3) is 0 Å². The number of carbonyl (C=O) groups is 1. The maximum atomic E-state index is 12.1. The van der Waals surface area contributed by atoms with E-state index in [1.54, 1.807) is 24.7 Å². The molecule has 2 N–H and O–H groups in total. The number of amides is 2. The van der Waals surface area contributed by atoms with Gasteiger partial charge in [0.15, 0.2) is 0 Å². The molecule has 22 heavy (non-hydrogen) atoms. The first kappa shape index (κ1) is 15.8. The minimum atomic E-state index is -0.231. The first-order chi connectivity index (χ1) is 10.6. The molecule has 0 saturated carbocycles. The van der Waals surface area contributed by atoms with Crippen LogP contribution in [0.3, 0.4) is 0 Å². The van der Waals surface area contributed by atoms with E-state index in [1.807, 2.05) is 44.2 Å². The molecule has 0 aliphatic rings. The minimum Gasteiger partial charge on any atom is -0.375 e. The summed E-state index contributed by atoms with van der Waals surface area (Å²) in [7, 11) is 3.82. The van der Waals surface area contributed by atoms with Gasteiger partial charge >= 0.3 is 6.03 Å². The number of nitrogens with one attached hydrogen (secondary N) is 2. The van der Waals surface area contributed by atoms with Crippen molar-refractivity contribution in [2.75, 3.05) is 24.3 Å². The summed E-state index contributed by atoms with van der Waals surface area (Å²) in [6.45, 7) is 1.96. The molecular formula is C16H21N5O. The molecule has 2 aromatic rings. The maximum Gasteiger partial charge on any atom is 0.319 e. The molecule has 0 aliphatic carbocycles. The van der Waals surface area contributed by atoms with Gasteiger partial charge in [-0.1, -0.05) is 6.07 Å². The molecule has 0 fully saturated rings. The Labute approximate surface area is 130 Å². The number of anilines is 2. The third kappa shape index (κ3) is 4.44. The van der Waals surface area contributed by atoms with Crippen LogP contribution < -0.4 is 15.5 Å². The third-order valence-electron chi connectivity index (χ3n) is 3.17. The molecule has 116 valence electrons. The van der Waals surface area contributed by atoms with E-state index < -0.39 is 0 Å². The van der Waals surface area contributed by atoms with Crippen molar-refractivity contribution in [3.63, 3.8) is 0 Å². The van der Waals surface area contributed by atoms with E-state index in [9.17, 15) is 4.79 Å². The fourth-order valence-corrected chi connectivity index (χ4v) is 2.15. The van der Waals surface area contributed by atoms with Gasteiger partial charge in [0.2, 0.25) is 0 Å². The number of urea groups is 1. The Balaban J connectivity index is 1.93. The van der Waals surface area contributed by atoms with E-state index in [-0.39, 0.29) is 12.1 Å². The van der Waals surface area contributed by atoms with E-state index in [0.717, 1.165) is 23.4 Å². The lowest BCUT2D eigenvalue weighted by Crippen LogP contribution is -2.37. The fourth-order valence-electron chi connectivity index (χ4n) is 2.15. The van der Waals surface area contributed by atoms with Gasteiger partial charge in [-0.3, -0.25) is 9.97 Å². The molecule has 2 aromatic heterocycles. The first-order valence-corrected chi connectivity index (χ1v) is 7.14. The average molecular weight is 299 g/mol.